The summed E-state index contributed by atoms with van der Waals surface area (Å²) in [4.78, 5) is 23.3. The van der Waals surface area contributed by atoms with E-state index in [2.05, 4.69) is 17.1 Å². The minimum atomic E-state index is -0.705. The molecule has 7 nitrogen and oxygen atoms in total. The molecule has 26 heavy (non-hydrogen) atoms. The number of ketones is 1. The van der Waals surface area contributed by atoms with Crippen LogP contribution in [0.25, 0.3) is 0 Å². The summed E-state index contributed by atoms with van der Waals surface area (Å²) in [6.07, 6.45) is 1.64. The number of benzene rings is 1. The van der Waals surface area contributed by atoms with Gasteiger partial charge in [-0.1, -0.05) is 32.0 Å². The zero-order valence-corrected chi connectivity index (χ0v) is 15.9. The van der Waals surface area contributed by atoms with Crippen molar-refractivity contribution in [3.8, 4) is 5.75 Å². The quantitative estimate of drug-likeness (QED) is 0.460. The zero-order chi connectivity index (χ0) is 18.9. The fourth-order valence-corrected chi connectivity index (χ4v) is 3.16. The summed E-state index contributed by atoms with van der Waals surface area (Å²) >= 11 is 1.32. The maximum absolute atomic E-state index is 11.7. The maximum Gasteiger partial charge on any atom is 0.343 e. The number of aromatic nitrogens is 3. The van der Waals surface area contributed by atoms with E-state index in [9.17, 15) is 14.7 Å². The number of nitrogens with one attached hydrogen (secondary N) is 1. The van der Waals surface area contributed by atoms with Crippen molar-refractivity contribution in [2.75, 3.05) is 12.4 Å². The Hall–Kier alpha value is -2.06. The molecule has 0 unspecified atom stereocenters. The molecule has 2 aromatic rings. The van der Waals surface area contributed by atoms with Crippen LogP contribution in [0.1, 0.15) is 43.5 Å². The minimum Gasteiger partial charge on any atom is -0.491 e. The third-order valence-corrected chi connectivity index (χ3v) is 4.92. The van der Waals surface area contributed by atoms with Gasteiger partial charge in [-0.05, 0) is 30.7 Å². The van der Waals surface area contributed by atoms with Gasteiger partial charge in [-0.3, -0.25) is 9.36 Å². The van der Waals surface area contributed by atoms with Crippen molar-refractivity contribution >= 4 is 17.5 Å². The molecule has 0 bridgehead atoms. The van der Waals surface area contributed by atoms with Crippen LogP contribution in [0.2, 0.25) is 0 Å². The van der Waals surface area contributed by atoms with Gasteiger partial charge in [0.15, 0.2) is 10.9 Å². The molecule has 1 atom stereocenters. The van der Waals surface area contributed by atoms with E-state index in [-0.39, 0.29) is 18.1 Å². The van der Waals surface area contributed by atoms with Crippen molar-refractivity contribution in [2.24, 2.45) is 0 Å². The second kappa shape index (κ2) is 10.2. The van der Waals surface area contributed by atoms with E-state index in [1.807, 2.05) is 6.92 Å². The van der Waals surface area contributed by atoms with Crippen molar-refractivity contribution in [2.45, 2.75) is 50.9 Å². The molecular formula is C18H25N3O4S. The van der Waals surface area contributed by atoms with Gasteiger partial charge in [0.1, 0.15) is 12.4 Å². The van der Waals surface area contributed by atoms with Crippen LogP contribution in [0.5, 0.6) is 5.75 Å². The minimum absolute atomic E-state index is 0.0844. The van der Waals surface area contributed by atoms with Crippen molar-refractivity contribution in [3.05, 3.63) is 40.3 Å². The monoisotopic (exact) mass is 379 g/mol. The lowest BCUT2D eigenvalue weighted by molar-refractivity contribution is 0.0987. The van der Waals surface area contributed by atoms with Gasteiger partial charge in [-0.15, -0.1) is 5.10 Å². The summed E-state index contributed by atoms with van der Waals surface area (Å²) in [6, 6.07) is 6.88. The number of hydrogen-bond acceptors (Lipinski definition) is 6. The Morgan fingerprint density at radius 3 is 2.73 bits per heavy atom. The predicted molar refractivity (Wildman–Crippen MR) is 101 cm³/mol. The van der Waals surface area contributed by atoms with Crippen LogP contribution in [-0.4, -0.2) is 44.1 Å². The molecule has 0 saturated carbocycles. The number of hydrogen-bond donors (Lipinski definition) is 2. The number of aliphatic hydroxyl groups is 1. The van der Waals surface area contributed by atoms with E-state index in [4.69, 9.17) is 4.74 Å². The van der Waals surface area contributed by atoms with Gasteiger partial charge in [-0.25, -0.2) is 9.89 Å². The molecule has 0 spiro atoms. The molecule has 0 saturated heterocycles. The van der Waals surface area contributed by atoms with Gasteiger partial charge in [0.05, 0.1) is 6.10 Å². The Labute approximate surface area is 156 Å². The molecule has 1 heterocycles. The fraction of sp³-hybridized carbons (Fsp3) is 0.500. The molecular weight excluding hydrogens is 354 g/mol. The first-order valence-corrected chi connectivity index (χ1v) is 9.75. The molecule has 1 aromatic heterocycles. The molecule has 0 fully saturated rings. The van der Waals surface area contributed by atoms with Crippen molar-refractivity contribution in [1.82, 2.24) is 14.8 Å². The van der Waals surface area contributed by atoms with E-state index < -0.39 is 6.10 Å². The van der Waals surface area contributed by atoms with Gasteiger partial charge in [0.2, 0.25) is 0 Å². The average molecular weight is 379 g/mol. The molecule has 0 aliphatic heterocycles. The maximum atomic E-state index is 11.7. The number of rotatable bonds is 11. The Bertz CT molecular complexity index is 755. The molecule has 0 aliphatic rings. The number of thioether (sulfide) groups is 1. The second-order valence-electron chi connectivity index (χ2n) is 5.89. The summed E-state index contributed by atoms with van der Waals surface area (Å²) in [7, 11) is 0. The molecule has 1 aromatic carbocycles. The zero-order valence-electron chi connectivity index (χ0n) is 15.1. The van der Waals surface area contributed by atoms with E-state index in [0.29, 0.717) is 35.2 Å². The highest BCUT2D eigenvalue weighted by Crippen LogP contribution is 2.17. The third-order valence-electron chi connectivity index (χ3n) is 3.80. The third kappa shape index (κ3) is 5.74. The number of carbonyl (C=O) groups is 1. The number of ether oxygens (including phenoxy) is 1. The van der Waals surface area contributed by atoms with Crippen LogP contribution in [0, 0.1) is 0 Å². The number of H-pyrrole nitrogens is 1. The van der Waals surface area contributed by atoms with Crippen molar-refractivity contribution in [1.29, 1.82) is 0 Å². The van der Waals surface area contributed by atoms with E-state index in [0.717, 1.165) is 12.8 Å². The van der Waals surface area contributed by atoms with Gasteiger partial charge < -0.3 is 9.84 Å². The van der Waals surface area contributed by atoms with Crippen LogP contribution < -0.4 is 10.4 Å². The van der Waals surface area contributed by atoms with E-state index in [1.54, 1.807) is 28.8 Å². The van der Waals surface area contributed by atoms with Crippen LogP contribution in [-0.2, 0) is 6.54 Å². The SMILES string of the molecule is CCCCn1c(SC[C@@H](O)COc2ccc(C(=O)CC)cc2)n[nH]c1=O. The molecule has 142 valence electrons. The lowest BCUT2D eigenvalue weighted by atomic mass is 10.1. The first kappa shape index (κ1) is 20.3. The first-order valence-electron chi connectivity index (χ1n) is 8.77. The Morgan fingerprint density at radius 2 is 2.08 bits per heavy atom. The number of unbranched alkanes of at least 4 members (excludes halogenated alkanes) is 1. The molecule has 0 radical (unpaired) electrons. The molecule has 0 amide bonds. The summed E-state index contributed by atoms with van der Waals surface area (Å²) in [5.41, 5.74) is 0.424. The highest BCUT2D eigenvalue weighted by Gasteiger charge is 2.12. The Kier molecular flexibility index (Phi) is 7.93. The summed E-state index contributed by atoms with van der Waals surface area (Å²) in [6.45, 7) is 4.62. The Morgan fingerprint density at radius 1 is 1.35 bits per heavy atom. The lowest BCUT2D eigenvalue weighted by Gasteiger charge is -2.12. The summed E-state index contributed by atoms with van der Waals surface area (Å²) in [5, 5.41) is 17.1. The molecule has 0 aliphatic carbocycles. The van der Waals surface area contributed by atoms with E-state index in [1.165, 1.54) is 11.8 Å². The van der Waals surface area contributed by atoms with Gasteiger partial charge in [0, 0.05) is 24.3 Å². The molecule has 8 heteroatoms. The van der Waals surface area contributed by atoms with Crippen molar-refractivity contribution < 1.29 is 14.6 Å². The number of aromatic amines is 1. The Balaban J connectivity index is 1.81. The number of aliphatic hydroxyl groups excluding tert-OH is 1. The first-order chi connectivity index (χ1) is 12.5. The highest BCUT2D eigenvalue weighted by molar-refractivity contribution is 7.99. The number of carbonyl (C=O) groups excluding carboxylic acids is 1. The van der Waals surface area contributed by atoms with E-state index >= 15 is 0 Å². The predicted octanol–water partition coefficient (Wildman–Crippen LogP) is 2.50. The normalized spacial score (nSPS) is 12.1. The van der Waals surface area contributed by atoms with Gasteiger partial charge >= 0.3 is 5.69 Å². The average Bonchev–Trinajstić information content (AvgIpc) is 3.02. The number of Topliss-reactive ketones (excluding diaryl/α,β-unsaturated/α-hetero) is 1. The topological polar surface area (TPSA) is 97.2 Å². The molecule has 2 N–H and O–H groups in total. The van der Waals surface area contributed by atoms with Crippen LogP contribution in [0.15, 0.2) is 34.2 Å². The second-order valence-corrected chi connectivity index (χ2v) is 6.88. The standard InChI is InChI=1S/C18H25N3O4S/c1-3-5-10-21-17(24)19-20-18(21)26-12-14(22)11-25-15-8-6-13(7-9-15)16(23)4-2/h6-9,14,22H,3-5,10-12H2,1-2H3,(H,19,24)/t14-/m0/s1. The largest absolute Gasteiger partial charge is 0.491 e. The summed E-state index contributed by atoms with van der Waals surface area (Å²) in [5.74, 6) is 1.05. The molecule has 2 rings (SSSR count). The highest BCUT2D eigenvalue weighted by atomic mass is 32.2. The fourth-order valence-electron chi connectivity index (χ4n) is 2.28. The smallest absolute Gasteiger partial charge is 0.343 e. The van der Waals surface area contributed by atoms with Crippen LogP contribution in [0.4, 0.5) is 0 Å². The number of nitrogens with zero attached hydrogens (tertiary/aromatic N) is 2. The van der Waals surface area contributed by atoms with Crippen molar-refractivity contribution in [3.63, 3.8) is 0 Å². The van der Waals surface area contributed by atoms with Crippen LogP contribution in [0.3, 0.4) is 0 Å². The van der Waals surface area contributed by atoms with Gasteiger partial charge in [-0.2, -0.15) is 0 Å². The van der Waals surface area contributed by atoms with Crippen LogP contribution >= 0.6 is 11.8 Å². The summed E-state index contributed by atoms with van der Waals surface area (Å²) < 4.78 is 7.14. The lowest BCUT2D eigenvalue weighted by Crippen LogP contribution is -2.21. The van der Waals surface area contributed by atoms with Gasteiger partial charge in [0.25, 0.3) is 0 Å².